The predicted molar refractivity (Wildman–Crippen MR) is 66.7 cm³/mol. The molecule has 0 heterocycles. The van der Waals surface area contributed by atoms with Crippen molar-refractivity contribution in [2.24, 2.45) is 5.73 Å². The van der Waals surface area contributed by atoms with Gasteiger partial charge >= 0.3 is 0 Å². The molecule has 0 fully saturated rings. The average Bonchev–Trinajstić information content (AvgIpc) is 2.43. The maximum Gasteiger partial charge on any atom is 0.203 e. The summed E-state index contributed by atoms with van der Waals surface area (Å²) in [5, 5.41) is 9.34. The Kier molecular flexibility index (Phi) is 5.54. The summed E-state index contributed by atoms with van der Waals surface area (Å²) in [7, 11) is 4.57. The first-order chi connectivity index (χ1) is 8.65. The Hall–Kier alpha value is -1.66. The molecular formula is C12H19NO5. The molecule has 1 rings (SSSR count). The van der Waals surface area contributed by atoms with E-state index in [4.69, 9.17) is 24.7 Å². The number of benzene rings is 1. The fourth-order valence-electron chi connectivity index (χ4n) is 1.40. The van der Waals surface area contributed by atoms with Crippen LogP contribution in [0.2, 0.25) is 0 Å². The van der Waals surface area contributed by atoms with E-state index < -0.39 is 6.10 Å². The lowest BCUT2D eigenvalue weighted by molar-refractivity contribution is 0.114. The molecule has 1 atom stereocenters. The molecule has 0 spiro atoms. The van der Waals surface area contributed by atoms with Crippen molar-refractivity contribution in [3.63, 3.8) is 0 Å². The third-order valence-electron chi connectivity index (χ3n) is 2.35. The number of hydrogen-bond donors (Lipinski definition) is 2. The first kappa shape index (κ1) is 14.4. The predicted octanol–water partition coefficient (Wildman–Crippen LogP) is 0.411. The van der Waals surface area contributed by atoms with Crippen molar-refractivity contribution in [3.8, 4) is 23.0 Å². The van der Waals surface area contributed by atoms with Crippen LogP contribution in [0.5, 0.6) is 23.0 Å². The highest BCUT2D eigenvalue weighted by Crippen LogP contribution is 2.40. The second-order valence-corrected chi connectivity index (χ2v) is 3.56. The van der Waals surface area contributed by atoms with E-state index in [1.807, 2.05) is 0 Å². The molecule has 0 saturated heterocycles. The molecule has 0 radical (unpaired) electrons. The minimum absolute atomic E-state index is 0.106. The Morgan fingerprint density at radius 3 is 2.06 bits per heavy atom. The van der Waals surface area contributed by atoms with Crippen molar-refractivity contribution in [3.05, 3.63) is 12.1 Å². The fraction of sp³-hybridized carbons (Fsp3) is 0.500. The summed E-state index contributed by atoms with van der Waals surface area (Å²) in [6.45, 7) is 0.250. The molecule has 0 aromatic heterocycles. The SMILES string of the molecule is COc1cc(OCC(O)CN)cc(OC)c1OC. The molecule has 0 aliphatic heterocycles. The van der Waals surface area contributed by atoms with E-state index in [1.165, 1.54) is 21.3 Å². The lowest BCUT2D eigenvalue weighted by atomic mass is 10.2. The quantitative estimate of drug-likeness (QED) is 0.736. The highest BCUT2D eigenvalue weighted by Gasteiger charge is 2.14. The Bertz CT molecular complexity index is 358. The van der Waals surface area contributed by atoms with E-state index in [2.05, 4.69) is 0 Å². The van der Waals surface area contributed by atoms with Gasteiger partial charge < -0.3 is 29.8 Å². The van der Waals surface area contributed by atoms with Gasteiger partial charge in [-0.05, 0) is 0 Å². The van der Waals surface area contributed by atoms with Gasteiger partial charge in [-0.1, -0.05) is 0 Å². The van der Waals surface area contributed by atoms with Crippen LogP contribution in [0.3, 0.4) is 0 Å². The lowest BCUT2D eigenvalue weighted by Crippen LogP contribution is -2.26. The molecule has 6 nitrogen and oxygen atoms in total. The summed E-state index contributed by atoms with van der Waals surface area (Å²) in [6.07, 6.45) is -0.705. The molecule has 3 N–H and O–H groups in total. The van der Waals surface area contributed by atoms with Crippen LogP contribution < -0.4 is 24.7 Å². The lowest BCUT2D eigenvalue weighted by Gasteiger charge is -2.15. The second kappa shape index (κ2) is 6.93. The van der Waals surface area contributed by atoms with Gasteiger partial charge in [-0.3, -0.25) is 0 Å². The summed E-state index contributed by atoms with van der Waals surface area (Å²) in [5.74, 6) is 1.99. The number of aliphatic hydroxyl groups excluding tert-OH is 1. The molecule has 0 amide bonds. The van der Waals surface area contributed by atoms with Gasteiger partial charge in [0.2, 0.25) is 5.75 Å². The van der Waals surface area contributed by atoms with Crippen molar-refractivity contribution in [1.82, 2.24) is 0 Å². The van der Waals surface area contributed by atoms with Crippen LogP contribution in [-0.2, 0) is 0 Å². The van der Waals surface area contributed by atoms with E-state index in [0.717, 1.165) is 0 Å². The van der Waals surface area contributed by atoms with Gasteiger partial charge in [-0.15, -0.1) is 0 Å². The zero-order valence-electron chi connectivity index (χ0n) is 10.8. The molecule has 18 heavy (non-hydrogen) atoms. The Balaban J connectivity index is 2.93. The van der Waals surface area contributed by atoms with Crippen LogP contribution in [0.4, 0.5) is 0 Å². The van der Waals surface area contributed by atoms with Gasteiger partial charge in [0.1, 0.15) is 18.5 Å². The van der Waals surface area contributed by atoms with Gasteiger partial charge in [0.05, 0.1) is 21.3 Å². The normalized spacial score (nSPS) is 11.8. The minimum atomic E-state index is -0.705. The van der Waals surface area contributed by atoms with Crippen LogP contribution in [0.25, 0.3) is 0 Å². The molecular weight excluding hydrogens is 238 g/mol. The molecule has 0 aliphatic rings. The Morgan fingerprint density at radius 2 is 1.67 bits per heavy atom. The Morgan fingerprint density at radius 1 is 1.11 bits per heavy atom. The summed E-state index contributed by atoms with van der Waals surface area (Å²) in [4.78, 5) is 0. The van der Waals surface area contributed by atoms with E-state index in [1.54, 1.807) is 12.1 Å². The zero-order valence-corrected chi connectivity index (χ0v) is 10.8. The number of aliphatic hydroxyl groups is 1. The maximum absolute atomic E-state index is 9.34. The van der Waals surface area contributed by atoms with Crippen LogP contribution >= 0.6 is 0 Å². The molecule has 0 saturated carbocycles. The monoisotopic (exact) mass is 257 g/mol. The molecule has 0 aliphatic carbocycles. The van der Waals surface area contributed by atoms with Gasteiger partial charge in [-0.2, -0.15) is 0 Å². The van der Waals surface area contributed by atoms with Crippen LogP contribution in [0, 0.1) is 0 Å². The minimum Gasteiger partial charge on any atom is -0.493 e. The standard InChI is InChI=1S/C12H19NO5/c1-15-10-4-9(18-7-8(14)6-13)5-11(16-2)12(10)17-3/h4-5,8,14H,6-7,13H2,1-3H3. The molecule has 1 unspecified atom stereocenters. The van der Waals surface area contributed by atoms with E-state index >= 15 is 0 Å². The highest BCUT2D eigenvalue weighted by molar-refractivity contribution is 5.55. The first-order valence-corrected chi connectivity index (χ1v) is 5.47. The summed E-state index contributed by atoms with van der Waals surface area (Å²) in [6, 6.07) is 3.31. The van der Waals surface area contributed by atoms with Crippen molar-refractivity contribution < 1.29 is 24.1 Å². The largest absolute Gasteiger partial charge is 0.493 e. The van der Waals surface area contributed by atoms with Gasteiger partial charge in [0, 0.05) is 18.7 Å². The van der Waals surface area contributed by atoms with E-state index in [0.29, 0.717) is 23.0 Å². The zero-order chi connectivity index (χ0) is 13.5. The van der Waals surface area contributed by atoms with Crippen molar-refractivity contribution in [1.29, 1.82) is 0 Å². The second-order valence-electron chi connectivity index (χ2n) is 3.56. The molecule has 102 valence electrons. The van der Waals surface area contributed by atoms with Crippen LogP contribution in [-0.4, -0.2) is 45.7 Å². The van der Waals surface area contributed by atoms with Crippen molar-refractivity contribution in [2.75, 3.05) is 34.5 Å². The van der Waals surface area contributed by atoms with Crippen LogP contribution in [0.1, 0.15) is 0 Å². The number of nitrogens with two attached hydrogens (primary N) is 1. The molecule has 1 aromatic rings. The summed E-state index contributed by atoms with van der Waals surface area (Å²) < 4.78 is 20.9. The highest BCUT2D eigenvalue weighted by atomic mass is 16.5. The van der Waals surface area contributed by atoms with E-state index in [9.17, 15) is 5.11 Å². The first-order valence-electron chi connectivity index (χ1n) is 5.47. The third-order valence-corrected chi connectivity index (χ3v) is 2.35. The number of hydrogen-bond acceptors (Lipinski definition) is 6. The molecule has 6 heteroatoms. The maximum atomic E-state index is 9.34. The van der Waals surface area contributed by atoms with Crippen molar-refractivity contribution in [2.45, 2.75) is 6.10 Å². The summed E-state index contributed by atoms with van der Waals surface area (Å²) >= 11 is 0. The fourth-order valence-corrected chi connectivity index (χ4v) is 1.40. The molecule has 0 bridgehead atoms. The van der Waals surface area contributed by atoms with E-state index in [-0.39, 0.29) is 13.2 Å². The number of methoxy groups -OCH3 is 3. The third kappa shape index (κ3) is 3.41. The topological polar surface area (TPSA) is 83.2 Å². The molecule has 1 aromatic carbocycles. The Labute approximate surface area is 106 Å². The smallest absolute Gasteiger partial charge is 0.203 e. The van der Waals surface area contributed by atoms with Crippen molar-refractivity contribution >= 4 is 0 Å². The van der Waals surface area contributed by atoms with Gasteiger partial charge in [0.15, 0.2) is 11.5 Å². The average molecular weight is 257 g/mol. The van der Waals surface area contributed by atoms with Crippen LogP contribution in [0.15, 0.2) is 12.1 Å². The number of ether oxygens (including phenoxy) is 4. The van der Waals surface area contributed by atoms with Gasteiger partial charge in [-0.25, -0.2) is 0 Å². The van der Waals surface area contributed by atoms with Gasteiger partial charge in [0.25, 0.3) is 0 Å². The number of rotatable bonds is 7. The summed E-state index contributed by atoms with van der Waals surface area (Å²) in [5.41, 5.74) is 5.29.